The smallest absolute Gasteiger partial charge is 0.0799 e. The molecule has 1 saturated heterocycles. The van der Waals surface area contributed by atoms with Crippen LogP contribution in [-0.4, -0.2) is 24.4 Å². The summed E-state index contributed by atoms with van der Waals surface area (Å²) in [5.74, 6) is 0.434. The summed E-state index contributed by atoms with van der Waals surface area (Å²) < 4.78 is 5.00. The Kier molecular flexibility index (Phi) is 1.86. The fourth-order valence-electron chi connectivity index (χ4n) is 0.830. The van der Waals surface area contributed by atoms with E-state index in [0.29, 0.717) is 12.5 Å². The average molecular weight is 116 g/mol. The van der Waals surface area contributed by atoms with Crippen molar-refractivity contribution in [3.05, 3.63) is 0 Å². The van der Waals surface area contributed by atoms with E-state index in [9.17, 15) is 0 Å². The highest BCUT2D eigenvalue weighted by atomic mass is 16.5. The summed E-state index contributed by atoms with van der Waals surface area (Å²) in [6, 6.07) is 0. The second kappa shape index (κ2) is 2.46. The number of ether oxygens (including phenoxy) is 1. The minimum atomic E-state index is -0.219. The number of aliphatic hydroxyl groups excluding tert-OH is 1. The van der Waals surface area contributed by atoms with Gasteiger partial charge >= 0.3 is 0 Å². The molecule has 1 fully saturated rings. The van der Waals surface area contributed by atoms with Gasteiger partial charge in [-0.3, -0.25) is 0 Å². The lowest BCUT2D eigenvalue weighted by atomic mass is 10.0. The van der Waals surface area contributed by atoms with Crippen LogP contribution in [0.5, 0.6) is 0 Å². The lowest BCUT2D eigenvalue weighted by molar-refractivity contribution is -0.0380. The molecule has 0 radical (unpaired) electrons. The van der Waals surface area contributed by atoms with Gasteiger partial charge in [0.15, 0.2) is 0 Å². The minimum Gasteiger partial charge on any atom is -0.390 e. The molecule has 2 unspecified atom stereocenters. The van der Waals surface area contributed by atoms with Gasteiger partial charge in [0.1, 0.15) is 0 Å². The first-order valence-electron chi connectivity index (χ1n) is 3.06. The summed E-state index contributed by atoms with van der Waals surface area (Å²) in [5, 5.41) is 9.05. The summed E-state index contributed by atoms with van der Waals surface area (Å²) in [7, 11) is 0. The molecule has 1 heterocycles. The standard InChI is InChI=1S/C6H12O2/c1-5-2-3-8-4-6(5)7/h5-7H,2-4H2,1H3. The van der Waals surface area contributed by atoms with Crippen molar-refractivity contribution in [1.82, 2.24) is 0 Å². The van der Waals surface area contributed by atoms with E-state index >= 15 is 0 Å². The molecule has 0 aromatic rings. The van der Waals surface area contributed by atoms with Crippen molar-refractivity contribution >= 4 is 0 Å². The van der Waals surface area contributed by atoms with E-state index in [-0.39, 0.29) is 6.10 Å². The van der Waals surface area contributed by atoms with Crippen LogP contribution < -0.4 is 0 Å². The summed E-state index contributed by atoms with van der Waals surface area (Å²) in [6.07, 6.45) is 0.782. The number of hydrogen-bond acceptors (Lipinski definition) is 2. The van der Waals surface area contributed by atoms with Crippen molar-refractivity contribution in [3.63, 3.8) is 0 Å². The number of hydrogen-bond donors (Lipinski definition) is 1. The maximum Gasteiger partial charge on any atom is 0.0799 e. The molecular weight excluding hydrogens is 104 g/mol. The van der Waals surface area contributed by atoms with Gasteiger partial charge in [0.05, 0.1) is 12.7 Å². The van der Waals surface area contributed by atoms with Crippen molar-refractivity contribution < 1.29 is 9.84 Å². The summed E-state index contributed by atoms with van der Waals surface area (Å²) in [6.45, 7) is 3.40. The van der Waals surface area contributed by atoms with Gasteiger partial charge in [0, 0.05) is 6.61 Å². The van der Waals surface area contributed by atoms with E-state index < -0.39 is 0 Å². The van der Waals surface area contributed by atoms with Crippen molar-refractivity contribution in [1.29, 1.82) is 0 Å². The molecule has 2 nitrogen and oxygen atoms in total. The van der Waals surface area contributed by atoms with Crippen LogP contribution in [0, 0.1) is 5.92 Å². The lowest BCUT2D eigenvalue weighted by Crippen LogP contribution is -2.29. The Balaban J connectivity index is 2.28. The van der Waals surface area contributed by atoms with Crippen molar-refractivity contribution in [3.8, 4) is 0 Å². The highest BCUT2D eigenvalue weighted by Crippen LogP contribution is 2.13. The topological polar surface area (TPSA) is 29.5 Å². The molecule has 8 heavy (non-hydrogen) atoms. The maximum absolute atomic E-state index is 9.05. The SMILES string of the molecule is CC1CCOCC1O. The van der Waals surface area contributed by atoms with Crippen LogP contribution >= 0.6 is 0 Å². The molecule has 1 aliphatic heterocycles. The average Bonchev–Trinajstić information content (AvgIpc) is 1.77. The summed E-state index contributed by atoms with van der Waals surface area (Å²) in [4.78, 5) is 0. The molecule has 0 bridgehead atoms. The number of rotatable bonds is 0. The molecule has 48 valence electrons. The summed E-state index contributed by atoms with van der Waals surface area (Å²) >= 11 is 0. The Hall–Kier alpha value is -0.0800. The van der Waals surface area contributed by atoms with E-state index in [1.807, 2.05) is 6.92 Å². The number of aliphatic hydroxyl groups is 1. The first-order valence-corrected chi connectivity index (χ1v) is 3.06. The van der Waals surface area contributed by atoms with Crippen LogP contribution in [0.25, 0.3) is 0 Å². The van der Waals surface area contributed by atoms with Gasteiger partial charge in [-0.25, -0.2) is 0 Å². The fourth-order valence-corrected chi connectivity index (χ4v) is 0.830. The zero-order valence-corrected chi connectivity index (χ0v) is 5.13. The Bertz CT molecular complexity index is 62.9. The second-order valence-corrected chi connectivity index (χ2v) is 2.41. The molecular formula is C6H12O2. The van der Waals surface area contributed by atoms with Gasteiger partial charge in [-0.05, 0) is 12.3 Å². The van der Waals surface area contributed by atoms with Gasteiger partial charge in [-0.1, -0.05) is 6.92 Å². The molecule has 2 atom stereocenters. The Labute approximate surface area is 49.5 Å². The van der Waals surface area contributed by atoms with Gasteiger partial charge < -0.3 is 9.84 Å². The van der Waals surface area contributed by atoms with Crippen LogP contribution in [0.15, 0.2) is 0 Å². The quantitative estimate of drug-likeness (QED) is 0.496. The highest BCUT2D eigenvalue weighted by molar-refractivity contribution is 4.67. The lowest BCUT2D eigenvalue weighted by Gasteiger charge is -2.23. The molecule has 1 aliphatic rings. The summed E-state index contributed by atoms with van der Waals surface area (Å²) in [5.41, 5.74) is 0. The first-order chi connectivity index (χ1) is 3.80. The predicted octanol–water partition coefficient (Wildman–Crippen LogP) is 0.404. The Morgan fingerprint density at radius 2 is 2.38 bits per heavy atom. The van der Waals surface area contributed by atoms with Gasteiger partial charge in [0.2, 0.25) is 0 Å². The third-order valence-electron chi connectivity index (χ3n) is 1.66. The van der Waals surface area contributed by atoms with Crippen molar-refractivity contribution in [2.75, 3.05) is 13.2 Å². The van der Waals surface area contributed by atoms with E-state index in [4.69, 9.17) is 9.84 Å². The van der Waals surface area contributed by atoms with Gasteiger partial charge in [-0.15, -0.1) is 0 Å². The third kappa shape index (κ3) is 1.20. The maximum atomic E-state index is 9.05. The first kappa shape index (κ1) is 6.05. The van der Waals surface area contributed by atoms with Gasteiger partial charge in [0.25, 0.3) is 0 Å². The zero-order valence-electron chi connectivity index (χ0n) is 5.13. The van der Waals surface area contributed by atoms with Crippen LogP contribution in [0.2, 0.25) is 0 Å². The van der Waals surface area contributed by atoms with Gasteiger partial charge in [-0.2, -0.15) is 0 Å². The van der Waals surface area contributed by atoms with E-state index in [2.05, 4.69) is 0 Å². The largest absolute Gasteiger partial charge is 0.390 e. The minimum absolute atomic E-state index is 0.219. The van der Waals surface area contributed by atoms with E-state index in [0.717, 1.165) is 13.0 Å². The third-order valence-corrected chi connectivity index (χ3v) is 1.66. The van der Waals surface area contributed by atoms with E-state index in [1.165, 1.54) is 0 Å². The molecule has 0 aliphatic carbocycles. The van der Waals surface area contributed by atoms with Crippen molar-refractivity contribution in [2.45, 2.75) is 19.4 Å². The molecule has 1 rings (SSSR count). The molecule has 1 N–H and O–H groups in total. The van der Waals surface area contributed by atoms with Crippen molar-refractivity contribution in [2.24, 2.45) is 5.92 Å². The predicted molar refractivity (Wildman–Crippen MR) is 30.6 cm³/mol. The van der Waals surface area contributed by atoms with E-state index in [1.54, 1.807) is 0 Å². The Morgan fingerprint density at radius 3 is 2.75 bits per heavy atom. The second-order valence-electron chi connectivity index (χ2n) is 2.41. The molecule has 0 aromatic carbocycles. The zero-order chi connectivity index (χ0) is 5.98. The highest BCUT2D eigenvalue weighted by Gasteiger charge is 2.18. The monoisotopic (exact) mass is 116 g/mol. The molecule has 2 heteroatoms. The molecule has 0 spiro atoms. The molecule has 0 saturated carbocycles. The molecule has 0 amide bonds. The molecule has 0 aromatic heterocycles. The normalized spacial score (nSPS) is 39.8. The van der Waals surface area contributed by atoms with Crippen LogP contribution in [0.3, 0.4) is 0 Å². The van der Waals surface area contributed by atoms with Crippen LogP contribution in [0.1, 0.15) is 13.3 Å². The van der Waals surface area contributed by atoms with Crippen LogP contribution in [0.4, 0.5) is 0 Å². The van der Waals surface area contributed by atoms with Crippen LogP contribution in [-0.2, 0) is 4.74 Å². The Morgan fingerprint density at radius 1 is 1.62 bits per heavy atom. The fraction of sp³-hybridized carbons (Fsp3) is 1.00.